The number of carboxylic acid groups (broad SMARTS) is 1. The molecule has 0 aromatic carbocycles. The molecule has 110 valence electrons. The maximum Gasteiger partial charge on any atom is 0.323 e. The average Bonchev–Trinajstić information content (AvgIpc) is 2.47. The van der Waals surface area contributed by atoms with E-state index in [0.29, 0.717) is 12.4 Å². The van der Waals surface area contributed by atoms with E-state index in [2.05, 4.69) is 14.9 Å². The number of aromatic nitrogens is 2. The van der Waals surface area contributed by atoms with Gasteiger partial charge in [-0.15, -0.1) is 0 Å². The van der Waals surface area contributed by atoms with Gasteiger partial charge in [-0.05, 0) is 6.42 Å². The second kappa shape index (κ2) is 7.33. The summed E-state index contributed by atoms with van der Waals surface area (Å²) in [5.74, 6) is 2.95. The smallest absolute Gasteiger partial charge is 0.323 e. The lowest BCUT2D eigenvalue weighted by molar-refractivity contribution is -0.135. The summed E-state index contributed by atoms with van der Waals surface area (Å²) in [6.45, 7) is 4.64. The first-order chi connectivity index (χ1) is 9.70. The number of nitrogens with zero attached hydrogens (tertiary/aromatic N) is 4. The largest absolute Gasteiger partial charge is 0.480 e. The number of aliphatic carboxylic acids is 1. The van der Waals surface area contributed by atoms with Gasteiger partial charge in [0.25, 0.3) is 0 Å². The standard InChI is InChI=1S/C13H20N4O2S/c1-2-3-17(9-13(18)19)12-8-11(14-10-15-12)16-4-6-20-7-5-16/h8,10H,2-7,9H2,1H3,(H,18,19). The number of carbonyl (C=O) groups is 1. The quantitative estimate of drug-likeness (QED) is 0.849. The third kappa shape index (κ3) is 4.00. The van der Waals surface area contributed by atoms with Gasteiger partial charge in [0.15, 0.2) is 0 Å². The molecular formula is C13H20N4O2S. The summed E-state index contributed by atoms with van der Waals surface area (Å²) >= 11 is 1.95. The second-order valence-electron chi connectivity index (χ2n) is 4.65. The van der Waals surface area contributed by atoms with Gasteiger partial charge in [-0.2, -0.15) is 11.8 Å². The molecule has 0 aliphatic carbocycles. The second-order valence-corrected chi connectivity index (χ2v) is 5.87. The van der Waals surface area contributed by atoms with Gasteiger partial charge in [0.05, 0.1) is 0 Å². The molecule has 7 heteroatoms. The molecular weight excluding hydrogens is 276 g/mol. The Morgan fingerprint density at radius 2 is 2.20 bits per heavy atom. The maximum absolute atomic E-state index is 10.9. The fraction of sp³-hybridized carbons (Fsp3) is 0.615. The lowest BCUT2D eigenvalue weighted by Crippen LogP contribution is -2.34. The van der Waals surface area contributed by atoms with Crippen molar-refractivity contribution in [2.75, 3.05) is 47.5 Å². The Kier molecular flexibility index (Phi) is 5.46. The molecule has 0 atom stereocenters. The van der Waals surface area contributed by atoms with Gasteiger partial charge in [-0.3, -0.25) is 4.79 Å². The fourth-order valence-corrected chi connectivity index (χ4v) is 3.09. The minimum atomic E-state index is -0.840. The molecule has 1 aromatic heterocycles. The molecule has 2 rings (SSSR count). The topological polar surface area (TPSA) is 69.6 Å². The molecule has 6 nitrogen and oxygen atoms in total. The van der Waals surface area contributed by atoms with Gasteiger partial charge < -0.3 is 14.9 Å². The van der Waals surface area contributed by atoms with Crippen LogP contribution >= 0.6 is 11.8 Å². The van der Waals surface area contributed by atoms with E-state index in [1.165, 1.54) is 6.33 Å². The van der Waals surface area contributed by atoms with Crippen LogP contribution in [0.15, 0.2) is 12.4 Å². The van der Waals surface area contributed by atoms with Crippen molar-refractivity contribution in [1.29, 1.82) is 0 Å². The van der Waals surface area contributed by atoms with Gasteiger partial charge in [0, 0.05) is 37.2 Å². The molecule has 0 amide bonds. The lowest BCUT2D eigenvalue weighted by Gasteiger charge is -2.28. The highest BCUT2D eigenvalue weighted by molar-refractivity contribution is 7.99. The van der Waals surface area contributed by atoms with E-state index in [-0.39, 0.29) is 6.54 Å². The normalized spacial score (nSPS) is 15.2. The number of thioether (sulfide) groups is 1. The first kappa shape index (κ1) is 14.9. The van der Waals surface area contributed by atoms with Crippen LogP contribution < -0.4 is 9.80 Å². The zero-order chi connectivity index (χ0) is 14.4. The van der Waals surface area contributed by atoms with Crippen molar-refractivity contribution >= 4 is 29.4 Å². The Balaban J connectivity index is 2.15. The van der Waals surface area contributed by atoms with Crippen LogP contribution in [-0.2, 0) is 4.79 Å². The Morgan fingerprint density at radius 3 is 2.85 bits per heavy atom. The number of hydrogen-bond acceptors (Lipinski definition) is 6. The predicted octanol–water partition coefficient (Wildman–Crippen LogP) is 1.33. The molecule has 20 heavy (non-hydrogen) atoms. The maximum atomic E-state index is 10.9. The van der Waals surface area contributed by atoms with Crippen molar-refractivity contribution in [3.8, 4) is 0 Å². The van der Waals surface area contributed by atoms with Crippen molar-refractivity contribution in [1.82, 2.24) is 9.97 Å². The first-order valence-corrected chi connectivity index (χ1v) is 7.97. The van der Waals surface area contributed by atoms with Crippen LogP contribution in [0.3, 0.4) is 0 Å². The molecule has 0 radical (unpaired) electrons. The summed E-state index contributed by atoms with van der Waals surface area (Å²) < 4.78 is 0. The van der Waals surface area contributed by atoms with E-state index in [9.17, 15) is 4.79 Å². The third-order valence-corrected chi connectivity index (χ3v) is 4.06. The van der Waals surface area contributed by atoms with Crippen LogP contribution in [-0.4, -0.2) is 58.7 Å². The van der Waals surface area contributed by atoms with E-state index in [4.69, 9.17) is 5.11 Å². The van der Waals surface area contributed by atoms with E-state index in [1.54, 1.807) is 4.90 Å². The number of anilines is 2. The van der Waals surface area contributed by atoms with E-state index >= 15 is 0 Å². The monoisotopic (exact) mass is 296 g/mol. The molecule has 1 N–H and O–H groups in total. The lowest BCUT2D eigenvalue weighted by atomic mass is 10.3. The summed E-state index contributed by atoms with van der Waals surface area (Å²) in [5, 5.41) is 8.99. The summed E-state index contributed by atoms with van der Waals surface area (Å²) in [4.78, 5) is 23.5. The molecule has 2 heterocycles. The Bertz CT molecular complexity index is 452. The van der Waals surface area contributed by atoms with Crippen LogP contribution in [0.4, 0.5) is 11.6 Å². The van der Waals surface area contributed by atoms with Crippen molar-refractivity contribution in [2.24, 2.45) is 0 Å². The van der Waals surface area contributed by atoms with E-state index in [1.807, 2.05) is 24.8 Å². The van der Waals surface area contributed by atoms with Crippen LogP contribution in [0.2, 0.25) is 0 Å². The molecule has 1 aromatic rings. The number of carboxylic acids is 1. The Labute approximate surface area is 123 Å². The minimum Gasteiger partial charge on any atom is -0.480 e. The highest BCUT2D eigenvalue weighted by atomic mass is 32.2. The van der Waals surface area contributed by atoms with Crippen LogP contribution in [0, 0.1) is 0 Å². The zero-order valence-electron chi connectivity index (χ0n) is 11.7. The molecule has 1 saturated heterocycles. The van der Waals surface area contributed by atoms with Gasteiger partial charge >= 0.3 is 5.97 Å². The van der Waals surface area contributed by atoms with Gasteiger partial charge in [-0.1, -0.05) is 6.92 Å². The molecule has 1 aliphatic rings. The average molecular weight is 296 g/mol. The molecule has 0 saturated carbocycles. The van der Waals surface area contributed by atoms with Crippen molar-refractivity contribution in [3.63, 3.8) is 0 Å². The number of hydrogen-bond donors (Lipinski definition) is 1. The Morgan fingerprint density at radius 1 is 1.45 bits per heavy atom. The van der Waals surface area contributed by atoms with Gasteiger partial charge in [0.1, 0.15) is 24.5 Å². The molecule has 1 fully saturated rings. The summed E-state index contributed by atoms with van der Waals surface area (Å²) in [5.41, 5.74) is 0. The molecule has 0 unspecified atom stereocenters. The predicted molar refractivity (Wildman–Crippen MR) is 81.7 cm³/mol. The van der Waals surface area contributed by atoms with Crippen LogP contribution in [0.1, 0.15) is 13.3 Å². The zero-order valence-corrected chi connectivity index (χ0v) is 12.5. The Hall–Kier alpha value is -1.50. The summed E-state index contributed by atoms with van der Waals surface area (Å²) in [6.07, 6.45) is 2.41. The summed E-state index contributed by atoms with van der Waals surface area (Å²) in [7, 11) is 0. The summed E-state index contributed by atoms with van der Waals surface area (Å²) in [6, 6.07) is 1.90. The highest BCUT2D eigenvalue weighted by Gasteiger charge is 2.16. The van der Waals surface area contributed by atoms with E-state index < -0.39 is 5.97 Å². The van der Waals surface area contributed by atoms with Gasteiger partial charge in [0.2, 0.25) is 0 Å². The van der Waals surface area contributed by atoms with Crippen LogP contribution in [0.5, 0.6) is 0 Å². The number of rotatable bonds is 6. The van der Waals surface area contributed by atoms with Gasteiger partial charge in [-0.25, -0.2) is 9.97 Å². The SMILES string of the molecule is CCCN(CC(=O)O)c1cc(N2CCSCC2)ncn1. The van der Waals surface area contributed by atoms with E-state index in [0.717, 1.165) is 36.8 Å². The fourth-order valence-electron chi connectivity index (χ4n) is 2.18. The van der Waals surface area contributed by atoms with Crippen molar-refractivity contribution in [2.45, 2.75) is 13.3 Å². The van der Waals surface area contributed by atoms with Crippen molar-refractivity contribution in [3.05, 3.63) is 12.4 Å². The molecule has 1 aliphatic heterocycles. The van der Waals surface area contributed by atoms with Crippen molar-refractivity contribution < 1.29 is 9.90 Å². The third-order valence-electron chi connectivity index (χ3n) is 3.12. The minimum absolute atomic E-state index is 0.0276. The van der Waals surface area contributed by atoms with Crippen LogP contribution in [0.25, 0.3) is 0 Å². The molecule has 0 spiro atoms. The highest BCUT2D eigenvalue weighted by Crippen LogP contribution is 2.20. The molecule has 0 bridgehead atoms. The first-order valence-electron chi connectivity index (χ1n) is 6.82.